The SMILES string of the molecule is CCOc1c(Br)cc(CNC(C)(C)COC)cc1Br. The molecular formula is C14H21Br2NO2. The van der Waals surface area contributed by atoms with Gasteiger partial charge in [-0.3, -0.25) is 0 Å². The summed E-state index contributed by atoms with van der Waals surface area (Å²) in [5, 5.41) is 3.47. The molecule has 0 aliphatic heterocycles. The molecule has 0 aromatic heterocycles. The van der Waals surface area contributed by atoms with Crippen LogP contribution in [0.2, 0.25) is 0 Å². The molecule has 5 heteroatoms. The van der Waals surface area contributed by atoms with E-state index in [-0.39, 0.29) is 5.54 Å². The van der Waals surface area contributed by atoms with E-state index < -0.39 is 0 Å². The number of nitrogens with one attached hydrogen (secondary N) is 1. The van der Waals surface area contributed by atoms with Gasteiger partial charge in [0.2, 0.25) is 0 Å². The van der Waals surface area contributed by atoms with Crippen LogP contribution < -0.4 is 10.1 Å². The maximum atomic E-state index is 5.57. The largest absolute Gasteiger partial charge is 0.492 e. The summed E-state index contributed by atoms with van der Waals surface area (Å²) in [5.74, 6) is 0.849. The zero-order valence-corrected chi connectivity index (χ0v) is 15.0. The fourth-order valence-corrected chi connectivity index (χ4v) is 3.26. The van der Waals surface area contributed by atoms with Crippen molar-refractivity contribution in [3.8, 4) is 5.75 Å². The minimum Gasteiger partial charge on any atom is -0.492 e. The Morgan fingerprint density at radius 1 is 1.21 bits per heavy atom. The molecule has 19 heavy (non-hydrogen) atoms. The lowest BCUT2D eigenvalue weighted by atomic mass is 10.1. The second-order valence-corrected chi connectivity index (χ2v) is 6.70. The summed E-state index contributed by atoms with van der Waals surface area (Å²) in [6, 6.07) is 4.15. The van der Waals surface area contributed by atoms with Crippen LogP contribution in [0.15, 0.2) is 21.1 Å². The molecule has 1 rings (SSSR count). The summed E-state index contributed by atoms with van der Waals surface area (Å²) in [4.78, 5) is 0. The quantitative estimate of drug-likeness (QED) is 0.754. The van der Waals surface area contributed by atoms with Crippen LogP contribution in [0, 0.1) is 0 Å². The van der Waals surface area contributed by atoms with Crippen molar-refractivity contribution < 1.29 is 9.47 Å². The zero-order valence-electron chi connectivity index (χ0n) is 11.8. The standard InChI is InChI=1S/C14H21Br2NO2/c1-5-19-13-11(15)6-10(7-12(13)16)8-17-14(2,3)9-18-4/h6-7,17H,5,8-9H2,1-4H3. The highest BCUT2D eigenvalue weighted by molar-refractivity contribution is 9.11. The predicted molar refractivity (Wildman–Crippen MR) is 85.8 cm³/mol. The summed E-state index contributed by atoms with van der Waals surface area (Å²) in [7, 11) is 1.72. The Morgan fingerprint density at radius 2 is 1.79 bits per heavy atom. The molecule has 0 aliphatic carbocycles. The van der Waals surface area contributed by atoms with E-state index in [0.717, 1.165) is 21.2 Å². The monoisotopic (exact) mass is 393 g/mol. The van der Waals surface area contributed by atoms with Gasteiger partial charge in [0.05, 0.1) is 22.2 Å². The smallest absolute Gasteiger partial charge is 0.147 e. The van der Waals surface area contributed by atoms with Crippen LogP contribution in [0.5, 0.6) is 5.75 Å². The molecule has 0 amide bonds. The Kier molecular flexibility index (Phi) is 6.80. The van der Waals surface area contributed by atoms with E-state index in [1.807, 2.05) is 6.92 Å². The van der Waals surface area contributed by atoms with Crippen molar-refractivity contribution in [1.82, 2.24) is 5.32 Å². The Morgan fingerprint density at radius 3 is 2.26 bits per heavy atom. The molecule has 0 aliphatic rings. The molecule has 3 nitrogen and oxygen atoms in total. The van der Waals surface area contributed by atoms with Crippen molar-refractivity contribution in [1.29, 1.82) is 0 Å². The number of methoxy groups -OCH3 is 1. The average Bonchev–Trinajstić information content (AvgIpc) is 2.31. The lowest BCUT2D eigenvalue weighted by molar-refractivity contribution is 0.127. The van der Waals surface area contributed by atoms with E-state index in [2.05, 4.69) is 63.2 Å². The Labute approximate surface area is 132 Å². The topological polar surface area (TPSA) is 30.5 Å². The van der Waals surface area contributed by atoms with E-state index >= 15 is 0 Å². The van der Waals surface area contributed by atoms with Gasteiger partial charge in [0.15, 0.2) is 0 Å². The van der Waals surface area contributed by atoms with Gasteiger partial charge in [-0.15, -0.1) is 0 Å². The van der Waals surface area contributed by atoms with Crippen molar-refractivity contribution in [2.45, 2.75) is 32.9 Å². The molecule has 0 saturated carbocycles. The number of halogens is 2. The molecule has 1 N–H and O–H groups in total. The van der Waals surface area contributed by atoms with E-state index in [1.165, 1.54) is 5.56 Å². The fourth-order valence-electron chi connectivity index (χ4n) is 1.75. The first-order chi connectivity index (χ1) is 8.89. The second-order valence-electron chi connectivity index (χ2n) is 4.99. The van der Waals surface area contributed by atoms with Crippen molar-refractivity contribution >= 4 is 31.9 Å². The molecule has 0 saturated heterocycles. The van der Waals surface area contributed by atoms with Crippen molar-refractivity contribution in [3.63, 3.8) is 0 Å². The van der Waals surface area contributed by atoms with Crippen LogP contribution in [0.3, 0.4) is 0 Å². The zero-order chi connectivity index (χ0) is 14.5. The molecule has 108 valence electrons. The van der Waals surface area contributed by atoms with Gasteiger partial charge in [0.1, 0.15) is 5.75 Å². The van der Waals surface area contributed by atoms with E-state index in [4.69, 9.17) is 9.47 Å². The van der Waals surface area contributed by atoms with E-state index in [0.29, 0.717) is 13.2 Å². The Hall–Kier alpha value is -0.100. The first-order valence-corrected chi connectivity index (χ1v) is 7.83. The summed E-state index contributed by atoms with van der Waals surface area (Å²) in [6.45, 7) is 8.31. The van der Waals surface area contributed by atoms with E-state index in [9.17, 15) is 0 Å². The number of ether oxygens (including phenoxy) is 2. The minimum absolute atomic E-state index is 0.0493. The molecule has 1 aromatic carbocycles. The average molecular weight is 395 g/mol. The predicted octanol–water partition coefficient (Wildman–Crippen LogP) is 4.12. The van der Waals surface area contributed by atoms with Gasteiger partial charge in [-0.1, -0.05) is 0 Å². The minimum atomic E-state index is -0.0493. The first-order valence-electron chi connectivity index (χ1n) is 6.24. The molecule has 0 radical (unpaired) electrons. The first kappa shape index (κ1) is 17.0. The van der Waals surface area contributed by atoms with Gasteiger partial charge in [0.25, 0.3) is 0 Å². The van der Waals surface area contributed by atoms with Crippen LogP contribution in [-0.4, -0.2) is 25.9 Å². The maximum Gasteiger partial charge on any atom is 0.147 e. The molecular weight excluding hydrogens is 374 g/mol. The highest BCUT2D eigenvalue weighted by Gasteiger charge is 2.17. The van der Waals surface area contributed by atoms with Gasteiger partial charge < -0.3 is 14.8 Å². The van der Waals surface area contributed by atoms with Crippen LogP contribution in [-0.2, 0) is 11.3 Å². The van der Waals surface area contributed by atoms with E-state index in [1.54, 1.807) is 7.11 Å². The summed E-state index contributed by atoms with van der Waals surface area (Å²) in [5.41, 5.74) is 1.14. The van der Waals surface area contributed by atoms with Crippen LogP contribution in [0.1, 0.15) is 26.3 Å². The third-order valence-electron chi connectivity index (χ3n) is 2.62. The third-order valence-corrected chi connectivity index (χ3v) is 3.80. The lowest BCUT2D eigenvalue weighted by Crippen LogP contribution is -2.42. The molecule has 1 aromatic rings. The summed E-state index contributed by atoms with van der Waals surface area (Å²) >= 11 is 7.09. The van der Waals surface area contributed by atoms with Crippen molar-refractivity contribution in [3.05, 3.63) is 26.6 Å². The van der Waals surface area contributed by atoms with Gasteiger partial charge >= 0.3 is 0 Å². The fraction of sp³-hybridized carbons (Fsp3) is 0.571. The number of rotatable bonds is 7. The molecule has 0 fully saturated rings. The molecule has 0 atom stereocenters. The second kappa shape index (κ2) is 7.62. The normalized spacial score (nSPS) is 11.7. The number of hydrogen-bond acceptors (Lipinski definition) is 3. The van der Waals surface area contributed by atoms with Gasteiger partial charge in [-0.2, -0.15) is 0 Å². The van der Waals surface area contributed by atoms with Crippen LogP contribution >= 0.6 is 31.9 Å². The number of benzene rings is 1. The Bertz CT molecular complexity index is 399. The van der Waals surface area contributed by atoms with Gasteiger partial charge in [0, 0.05) is 19.2 Å². The summed E-state index contributed by atoms with van der Waals surface area (Å²) < 4.78 is 12.7. The molecule has 0 spiro atoms. The summed E-state index contributed by atoms with van der Waals surface area (Å²) in [6.07, 6.45) is 0. The Balaban J connectivity index is 2.75. The van der Waals surface area contributed by atoms with Crippen molar-refractivity contribution in [2.24, 2.45) is 0 Å². The van der Waals surface area contributed by atoms with Crippen LogP contribution in [0.4, 0.5) is 0 Å². The highest BCUT2D eigenvalue weighted by atomic mass is 79.9. The number of hydrogen-bond donors (Lipinski definition) is 1. The van der Waals surface area contributed by atoms with Crippen LogP contribution in [0.25, 0.3) is 0 Å². The third kappa shape index (κ3) is 5.42. The van der Waals surface area contributed by atoms with Crippen molar-refractivity contribution in [2.75, 3.05) is 20.3 Å². The molecule has 0 heterocycles. The van der Waals surface area contributed by atoms with Gasteiger partial charge in [-0.05, 0) is 70.3 Å². The van der Waals surface area contributed by atoms with Gasteiger partial charge in [-0.25, -0.2) is 0 Å². The molecule has 0 bridgehead atoms. The highest BCUT2D eigenvalue weighted by Crippen LogP contribution is 2.34. The lowest BCUT2D eigenvalue weighted by Gasteiger charge is -2.25. The molecule has 0 unspecified atom stereocenters. The maximum absolute atomic E-state index is 5.57.